The van der Waals surface area contributed by atoms with Gasteiger partial charge in [-0.2, -0.15) is 0 Å². The molecule has 0 spiro atoms. The molecule has 2 aliphatic heterocycles. The van der Waals surface area contributed by atoms with E-state index in [2.05, 4.69) is 10.3 Å². The number of carbonyl (C=O) groups is 3. The number of thiazole rings is 1. The minimum absolute atomic E-state index is 0.0320. The second-order valence-corrected chi connectivity index (χ2v) is 14.7. The summed E-state index contributed by atoms with van der Waals surface area (Å²) in [6.45, 7) is 1.75. The number of amides is 3. The number of fused-ring (bicyclic) bond motifs is 9. The van der Waals surface area contributed by atoms with Gasteiger partial charge in [0.25, 0.3) is 11.6 Å². The minimum Gasteiger partial charge on any atom is -0.483 e. The molecule has 3 aromatic carbocycles. The number of benzene rings is 3. The largest absolute Gasteiger partial charge is 0.483 e. The molecule has 1 aromatic heterocycles. The minimum atomic E-state index is -0.530. The van der Waals surface area contributed by atoms with Gasteiger partial charge in [0.2, 0.25) is 11.8 Å². The van der Waals surface area contributed by atoms with E-state index in [1.165, 1.54) is 29.2 Å². The molecular formula is C34H28N4O7S2. The smallest absolute Gasteiger partial charge is 0.305 e. The lowest BCUT2D eigenvalue weighted by Crippen LogP contribution is -2.42. The third kappa shape index (κ3) is 4.78. The third-order valence-corrected chi connectivity index (χ3v) is 12.6. The average Bonchev–Trinajstić information content (AvgIpc) is 3.80. The van der Waals surface area contributed by atoms with E-state index in [1.54, 1.807) is 11.8 Å². The maximum absolute atomic E-state index is 14.0. The van der Waals surface area contributed by atoms with Crippen LogP contribution in [0.25, 0.3) is 0 Å². The van der Waals surface area contributed by atoms with E-state index in [0.29, 0.717) is 23.5 Å². The van der Waals surface area contributed by atoms with Crippen LogP contribution in [0.4, 0.5) is 17.1 Å². The standard InChI is InChI=1S/C34H28N4O7S2/c1-16-6-8-17(9-7-16)35-24(39)15-45-23-5-3-2-4-20(23)25-26-21-14-22(29(26)46-31-30(25)47-34(42)36-31)28-27(21)32(40)37(33(28)41)18-10-12-19(13-11-18)38(43)44/h2-13,21-22,25-29H,14-15H2,1H3,(H,35,39)(H,36,42)/t21?,22?,25-,26?,27?,28?,29?/m1/s1. The fourth-order valence-electron chi connectivity index (χ4n) is 8.19. The first-order chi connectivity index (χ1) is 22.7. The number of nitro groups is 1. The number of nitro benzene ring substituents is 1. The number of aromatic amines is 1. The Balaban J connectivity index is 1.11. The number of hydrogen-bond donors (Lipinski definition) is 2. The number of aromatic nitrogens is 1. The maximum atomic E-state index is 14.0. The van der Waals surface area contributed by atoms with E-state index in [0.717, 1.165) is 32.4 Å². The van der Waals surface area contributed by atoms with E-state index in [9.17, 15) is 29.3 Å². The van der Waals surface area contributed by atoms with Gasteiger partial charge in [-0.15, -0.1) is 11.8 Å². The molecule has 238 valence electrons. The number of carbonyl (C=O) groups excluding carboxylic acids is 3. The predicted molar refractivity (Wildman–Crippen MR) is 176 cm³/mol. The molecule has 2 N–H and O–H groups in total. The van der Waals surface area contributed by atoms with Crippen molar-refractivity contribution in [2.24, 2.45) is 29.6 Å². The van der Waals surface area contributed by atoms with E-state index in [1.807, 2.05) is 55.5 Å². The van der Waals surface area contributed by atoms with Crippen molar-refractivity contribution in [2.45, 2.75) is 29.5 Å². The van der Waals surface area contributed by atoms with Gasteiger partial charge in [0.05, 0.1) is 27.5 Å². The summed E-state index contributed by atoms with van der Waals surface area (Å²) in [5, 5.41) is 14.8. The van der Waals surface area contributed by atoms with Crippen LogP contribution >= 0.6 is 23.1 Å². The monoisotopic (exact) mass is 668 g/mol. The highest BCUT2D eigenvalue weighted by atomic mass is 32.2. The van der Waals surface area contributed by atoms with Crippen molar-refractivity contribution < 1.29 is 24.0 Å². The first kappa shape index (κ1) is 29.6. The zero-order valence-electron chi connectivity index (χ0n) is 25.0. The summed E-state index contributed by atoms with van der Waals surface area (Å²) in [5.41, 5.74) is 2.79. The molecular weight excluding hydrogens is 641 g/mol. The van der Waals surface area contributed by atoms with Crippen LogP contribution in [0, 0.1) is 46.6 Å². The van der Waals surface area contributed by atoms with E-state index < -0.39 is 16.8 Å². The number of hydrogen-bond acceptors (Lipinski definition) is 9. The van der Waals surface area contributed by atoms with Crippen molar-refractivity contribution in [3.63, 3.8) is 0 Å². The Morgan fingerprint density at radius 2 is 1.70 bits per heavy atom. The molecule has 11 nitrogen and oxygen atoms in total. The van der Waals surface area contributed by atoms with Crippen LogP contribution in [0.1, 0.15) is 28.3 Å². The molecule has 47 heavy (non-hydrogen) atoms. The fraction of sp³-hybridized carbons (Fsp3) is 0.294. The first-order valence-corrected chi connectivity index (χ1v) is 17.0. The van der Waals surface area contributed by atoms with Crippen LogP contribution in [-0.2, 0) is 14.4 Å². The quantitative estimate of drug-likeness (QED) is 0.152. The number of para-hydroxylation sites is 1. The summed E-state index contributed by atoms with van der Waals surface area (Å²) < 4.78 is 6.14. The molecule has 3 amide bonds. The molecule has 6 unspecified atom stereocenters. The number of anilines is 2. The van der Waals surface area contributed by atoms with E-state index in [-0.39, 0.29) is 63.8 Å². The number of nitrogens with zero attached hydrogens (tertiary/aromatic N) is 2. The van der Waals surface area contributed by atoms with Crippen molar-refractivity contribution in [1.29, 1.82) is 0 Å². The normalized spacial score (nSPS) is 26.9. The molecule has 3 fully saturated rings. The van der Waals surface area contributed by atoms with Gasteiger partial charge < -0.3 is 15.0 Å². The van der Waals surface area contributed by atoms with Gasteiger partial charge >= 0.3 is 4.87 Å². The fourth-order valence-corrected chi connectivity index (χ4v) is 11.1. The van der Waals surface area contributed by atoms with Gasteiger partial charge in [-0.05, 0) is 61.4 Å². The molecule has 4 aliphatic rings. The number of non-ortho nitro benzene ring substituents is 1. The molecule has 3 heterocycles. The van der Waals surface area contributed by atoms with Crippen LogP contribution in [0.15, 0.2) is 82.6 Å². The van der Waals surface area contributed by atoms with Gasteiger partial charge in [0.15, 0.2) is 6.61 Å². The van der Waals surface area contributed by atoms with Crippen LogP contribution in [0.3, 0.4) is 0 Å². The van der Waals surface area contributed by atoms with Crippen LogP contribution in [0.2, 0.25) is 0 Å². The summed E-state index contributed by atoms with van der Waals surface area (Å²) in [6.07, 6.45) is 0.709. The zero-order chi connectivity index (χ0) is 32.6. The molecule has 2 saturated carbocycles. The third-order valence-electron chi connectivity index (χ3n) is 9.99. The lowest BCUT2D eigenvalue weighted by atomic mass is 9.68. The number of aryl methyl sites for hydroxylation is 1. The van der Waals surface area contributed by atoms with Gasteiger partial charge in [0.1, 0.15) is 5.75 Å². The molecule has 0 radical (unpaired) electrons. The van der Waals surface area contributed by atoms with Crippen molar-refractivity contribution >= 4 is 57.9 Å². The van der Waals surface area contributed by atoms with Crippen molar-refractivity contribution in [2.75, 3.05) is 16.8 Å². The Morgan fingerprint density at radius 1 is 1.00 bits per heavy atom. The van der Waals surface area contributed by atoms with Crippen molar-refractivity contribution in [1.82, 2.24) is 4.98 Å². The highest BCUT2D eigenvalue weighted by molar-refractivity contribution is 8.00. The summed E-state index contributed by atoms with van der Waals surface area (Å²) in [5.74, 6) is -1.94. The predicted octanol–water partition coefficient (Wildman–Crippen LogP) is 5.35. The molecule has 1 saturated heterocycles. The second kappa shape index (κ2) is 11.2. The van der Waals surface area contributed by atoms with Gasteiger partial charge in [-0.3, -0.25) is 34.2 Å². The molecule has 8 rings (SSSR count). The van der Waals surface area contributed by atoms with Crippen LogP contribution in [-0.4, -0.2) is 39.5 Å². The Kier molecular flexibility index (Phi) is 7.06. The number of rotatable bonds is 7. The number of thioether (sulfide) groups is 1. The Labute approximate surface area is 276 Å². The average molecular weight is 669 g/mol. The molecule has 4 aromatic rings. The molecule has 7 atom stereocenters. The molecule has 2 bridgehead atoms. The molecule has 13 heteroatoms. The van der Waals surface area contributed by atoms with E-state index in [4.69, 9.17) is 4.74 Å². The highest BCUT2D eigenvalue weighted by Gasteiger charge is 2.69. The summed E-state index contributed by atoms with van der Waals surface area (Å²) in [7, 11) is 0. The van der Waals surface area contributed by atoms with Crippen LogP contribution in [0.5, 0.6) is 5.75 Å². The Hall–Kier alpha value is -4.75. The first-order valence-electron chi connectivity index (χ1n) is 15.3. The van der Waals surface area contributed by atoms with Gasteiger partial charge in [0, 0.05) is 39.4 Å². The number of ether oxygens (including phenoxy) is 1. The lowest BCUT2D eigenvalue weighted by Gasteiger charge is -2.43. The second-order valence-electron chi connectivity index (χ2n) is 12.5. The molecule has 2 aliphatic carbocycles. The summed E-state index contributed by atoms with van der Waals surface area (Å²) in [4.78, 5) is 69.0. The summed E-state index contributed by atoms with van der Waals surface area (Å²) >= 11 is 2.73. The zero-order valence-corrected chi connectivity index (χ0v) is 26.6. The van der Waals surface area contributed by atoms with Gasteiger partial charge in [-0.25, -0.2) is 0 Å². The van der Waals surface area contributed by atoms with Crippen molar-refractivity contribution in [3.05, 3.63) is 109 Å². The number of nitrogens with one attached hydrogen (secondary N) is 2. The number of imide groups is 1. The maximum Gasteiger partial charge on any atom is 0.305 e. The lowest BCUT2D eigenvalue weighted by molar-refractivity contribution is -0.384. The van der Waals surface area contributed by atoms with Gasteiger partial charge in [-0.1, -0.05) is 47.2 Å². The summed E-state index contributed by atoms with van der Waals surface area (Å²) in [6, 6.07) is 20.5. The van der Waals surface area contributed by atoms with Crippen LogP contribution < -0.4 is 19.8 Å². The highest BCUT2D eigenvalue weighted by Crippen LogP contribution is 2.69. The van der Waals surface area contributed by atoms with E-state index >= 15 is 0 Å². The Bertz CT molecular complexity index is 2010. The Morgan fingerprint density at radius 3 is 2.43 bits per heavy atom. The SMILES string of the molecule is Cc1ccc(NC(=O)COc2ccccc2[C@H]2c3sc(=O)[nH]c3SC3C4CC(C5C(=O)N(c6ccc([N+](=O)[O-])cc6)C(=O)C45)C32)cc1. The topological polar surface area (TPSA) is 152 Å². The van der Waals surface area contributed by atoms with Crippen molar-refractivity contribution in [3.8, 4) is 5.75 Å². The number of H-pyrrole nitrogens is 1.